The summed E-state index contributed by atoms with van der Waals surface area (Å²) in [6, 6.07) is 0. The molecule has 2 atom stereocenters. The summed E-state index contributed by atoms with van der Waals surface area (Å²) in [5.41, 5.74) is 0. The molecule has 2 heteroatoms. The first-order valence-electron chi connectivity index (χ1n) is 5.10. The molecule has 0 amide bonds. The highest BCUT2D eigenvalue weighted by atomic mass is 16.5. The first kappa shape index (κ1) is 10.0. The van der Waals surface area contributed by atoms with E-state index in [1.54, 1.807) is 0 Å². The van der Waals surface area contributed by atoms with Crippen LogP contribution in [-0.2, 0) is 4.74 Å². The molecule has 1 heterocycles. The molecular weight excluding hydrogens is 150 g/mol. The van der Waals surface area contributed by atoms with Gasteiger partial charge < -0.3 is 4.74 Å². The van der Waals surface area contributed by atoms with Gasteiger partial charge in [0, 0.05) is 13.1 Å². The molecule has 0 aromatic carbocycles. The van der Waals surface area contributed by atoms with Gasteiger partial charge in [0.1, 0.15) is 0 Å². The van der Waals surface area contributed by atoms with Crippen LogP contribution >= 0.6 is 0 Å². The Labute approximate surface area is 75.9 Å². The van der Waals surface area contributed by atoms with Gasteiger partial charge in [0.05, 0.1) is 12.2 Å². The van der Waals surface area contributed by atoms with Gasteiger partial charge in [0.25, 0.3) is 0 Å². The maximum Gasteiger partial charge on any atom is 0.0678 e. The van der Waals surface area contributed by atoms with Gasteiger partial charge in [-0.05, 0) is 26.8 Å². The number of nitrogens with zero attached hydrogens (tertiary/aromatic N) is 1. The molecular formula is C10H21NO. The molecule has 0 aromatic heterocycles. The Bertz CT molecular complexity index is 117. The SMILES string of the molecule is CCCCN1CC(C)OC(C)C1. The van der Waals surface area contributed by atoms with E-state index in [1.807, 2.05) is 0 Å². The minimum Gasteiger partial charge on any atom is -0.373 e. The van der Waals surface area contributed by atoms with Crippen molar-refractivity contribution in [3.05, 3.63) is 0 Å². The molecule has 0 bridgehead atoms. The second kappa shape index (κ2) is 4.83. The summed E-state index contributed by atoms with van der Waals surface area (Å²) >= 11 is 0. The van der Waals surface area contributed by atoms with Gasteiger partial charge >= 0.3 is 0 Å². The van der Waals surface area contributed by atoms with Crippen LogP contribution in [0, 0.1) is 0 Å². The first-order chi connectivity index (χ1) is 5.72. The van der Waals surface area contributed by atoms with E-state index in [2.05, 4.69) is 25.7 Å². The largest absolute Gasteiger partial charge is 0.373 e. The van der Waals surface area contributed by atoms with Crippen molar-refractivity contribution < 1.29 is 4.74 Å². The summed E-state index contributed by atoms with van der Waals surface area (Å²) in [5, 5.41) is 0. The van der Waals surface area contributed by atoms with E-state index in [1.165, 1.54) is 19.4 Å². The average molecular weight is 171 g/mol. The molecule has 2 nitrogen and oxygen atoms in total. The summed E-state index contributed by atoms with van der Waals surface area (Å²) < 4.78 is 5.65. The van der Waals surface area contributed by atoms with Gasteiger partial charge in [-0.3, -0.25) is 4.90 Å². The minimum atomic E-state index is 0.422. The second-order valence-corrected chi connectivity index (χ2v) is 3.87. The Kier molecular flexibility index (Phi) is 4.02. The molecule has 0 N–H and O–H groups in total. The predicted octanol–water partition coefficient (Wildman–Crippen LogP) is 1.90. The summed E-state index contributed by atoms with van der Waals surface area (Å²) in [6.07, 6.45) is 3.45. The van der Waals surface area contributed by atoms with E-state index >= 15 is 0 Å². The molecule has 72 valence electrons. The van der Waals surface area contributed by atoms with Crippen molar-refractivity contribution in [2.24, 2.45) is 0 Å². The molecule has 1 fully saturated rings. The monoisotopic (exact) mass is 171 g/mol. The number of hydrogen-bond donors (Lipinski definition) is 0. The van der Waals surface area contributed by atoms with Crippen molar-refractivity contribution in [1.29, 1.82) is 0 Å². The van der Waals surface area contributed by atoms with Crippen LogP contribution in [0.4, 0.5) is 0 Å². The van der Waals surface area contributed by atoms with Gasteiger partial charge in [0.15, 0.2) is 0 Å². The normalized spacial score (nSPS) is 32.2. The number of hydrogen-bond acceptors (Lipinski definition) is 2. The number of rotatable bonds is 3. The molecule has 0 spiro atoms. The average Bonchev–Trinajstić information content (AvgIpc) is 1.99. The maximum absolute atomic E-state index is 5.65. The third-order valence-corrected chi connectivity index (χ3v) is 2.32. The molecule has 0 radical (unpaired) electrons. The molecule has 0 aromatic rings. The third-order valence-electron chi connectivity index (χ3n) is 2.32. The van der Waals surface area contributed by atoms with Crippen molar-refractivity contribution in [3.8, 4) is 0 Å². The zero-order valence-electron chi connectivity index (χ0n) is 8.55. The lowest BCUT2D eigenvalue weighted by molar-refractivity contribution is -0.0680. The summed E-state index contributed by atoms with van der Waals surface area (Å²) in [7, 11) is 0. The van der Waals surface area contributed by atoms with Crippen molar-refractivity contribution in [2.45, 2.75) is 45.8 Å². The Morgan fingerprint density at radius 1 is 1.25 bits per heavy atom. The minimum absolute atomic E-state index is 0.422. The lowest BCUT2D eigenvalue weighted by Crippen LogP contribution is -2.45. The third kappa shape index (κ3) is 3.11. The topological polar surface area (TPSA) is 12.5 Å². The van der Waals surface area contributed by atoms with Crippen molar-refractivity contribution in [3.63, 3.8) is 0 Å². The Morgan fingerprint density at radius 2 is 1.83 bits per heavy atom. The fraction of sp³-hybridized carbons (Fsp3) is 1.00. The van der Waals surface area contributed by atoms with Gasteiger partial charge in [0.2, 0.25) is 0 Å². The van der Waals surface area contributed by atoms with Crippen LogP contribution in [0.25, 0.3) is 0 Å². The molecule has 1 rings (SSSR count). The van der Waals surface area contributed by atoms with E-state index in [9.17, 15) is 0 Å². The van der Waals surface area contributed by atoms with Crippen LogP contribution in [0.1, 0.15) is 33.6 Å². The Balaban J connectivity index is 2.24. The quantitative estimate of drug-likeness (QED) is 0.643. The van der Waals surface area contributed by atoms with Gasteiger partial charge in [-0.1, -0.05) is 13.3 Å². The molecule has 0 aliphatic carbocycles. The fourth-order valence-corrected chi connectivity index (χ4v) is 1.85. The van der Waals surface area contributed by atoms with E-state index in [0.717, 1.165) is 13.1 Å². The lowest BCUT2D eigenvalue weighted by atomic mass is 10.2. The van der Waals surface area contributed by atoms with Gasteiger partial charge in [-0.2, -0.15) is 0 Å². The van der Waals surface area contributed by atoms with Crippen LogP contribution < -0.4 is 0 Å². The van der Waals surface area contributed by atoms with Gasteiger partial charge in [-0.15, -0.1) is 0 Å². The van der Waals surface area contributed by atoms with Crippen LogP contribution in [0.2, 0.25) is 0 Å². The van der Waals surface area contributed by atoms with Crippen LogP contribution in [-0.4, -0.2) is 36.7 Å². The number of unbranched alkanes of at least 4 members (excludes halogenated alkanes) is 1. The Morgan fingerprint density at radius 3 is 2.33 bits per heavy atom. The smallest absolute Gasteiger partial charge is 0.0678 e. The fourth-order valence-electron chi connectivity index (χ4n) is 1.85. The highest BCUT2D eigenvalue weighted by molar-refractivity contribution is 4.72. The summed E-state index contributed by atoms with van der Waals surface area (Å²) in [6.45, 7) is 10.0. The predicted molar refractivity (Wildman–Crippen MR) is 51.4 cm³/mol. The van der Waals surface area contributed by atoms with Crippen molar-refractivity contribution in [2.75, 3.05) is 19.6 Å². The van der Waals surface area contributed by atoms with Gasteiger partial charge in [-0.25, -0.2) is 0 Å². The molecule has 0 saturated carbocycles. The standard InChI is InChI=1S/C10H21NO/c1-4-5-6-11-7-9(2)12-10(3)8-11/h9-10H,4-8H2,1-3H3. The Hall–Kier alpha value is -0.0800. The van der Waals surface area contributed by atoms with Crippen LogP contribution in [0.5, 0.6) is 0 Å². The zero-order valence-corrected chi connectivity index (χ0v) is 8.55. The second-order valence-electron chi connectivity index (χ2n) is 3.87. The first-order valence-corrected chi connectivity index (χ1v) is 5.10. The molecule has 1 saturated heterocycles. The summed E-state index contributed by atoms with van der Waals surface area (Å²) in [4.78, 5) is 2.52. The highest BCUT2D eigenvalue weighted by Crippen LogP contribution is 2.10. The maximum atomic E-state index is 5.65. The highest BCUT2D eigenvalue weighted by Gasteiger charge is 2.20. The lowest BCUT2D eigenvalue weighted by Gasteiger charge is -2.35. The number of morpholine rings is 1. The molecule has 2 unspecified atom stereocenters. The van der Waals surface area contributed by atoms with Crippen LogP contribution in [0.3, 0.4) is 0 Å². The molecule has 1 aliphatic heterocycles. The molecule has 1 aliphatic rings. The van der Waals surface area contributed by atoms with Crippen molar-refractivity contribution in [1.82, 2.24) is 4.90 Å². The van der Waals surface area contributed by atoms with E-state index in [-0.39, 0.29) is 0 Å². The van der Waals surface area contributed by atoms with Crippen molar-refractivity contribution >= 4 is 0 Å². The van der Waals surface area contributed by atoms with E-state index < -0.39 is 0 Å². The van der Waals surface area contributed by atoms with E-state index in [4.69, 9.17) is 4.74 Å². The van der Waals surface area contributed by atoms with Crippen LogP contribution in [0.15, 0.2) is 0 Å². The summed E-state index contributed by atoms with van der Waals surface area (Å²) in [5.74, 6) is 0. The molecule has 12 heavy (non-hydrogen) atoms. The number of ether oxygens (including phenoxy) is 1. The zero-order chi connectivity index (χ0) is 8.97. The van der Waals surface area contributed by atoms with E-state index in [0.29, 0.717) is 12.2 Å².